The molecule has 0 aliphatic heterocycles. The van der Waals surface area contributed by atoms with Gasteiger partial charge in [-0.2, -0.15) is 0 Å². The summed E-state index contributed by atoms with van der Waals surface area (Å²) in [5, 5.41) is 6.74. The molecule has 1 aliphatic carbocycles. The van der Waals surface area contributed by atoms with Gasteiger partial charge in [0, 0.05) is 17.3 Å². The number of nitrogens with zero attached hydrogens (tertiary/aromatic N) is 1. The van der Waals surface area contributed by atoms with Crippen LogP contribution in [-0.2, 0) is 17.6 Å². The average Bonchev–Trinajstić information content (AvgIpc) is 2.79. The lowest BCUT2D eigenvalue weighted by Crippen LogP contribution is -2.28. The highest BCUT2D eigenvalue weighted by atomic mass is 35.5. The Labute approximate surface area is 131 Å². The number of hydrogen-bond acceptors (Lipinski definition) is 4. The molecular formula is C14H24ClN3OS. The zero-order valence-electron chi connectivity index (χ0n) is 12.4. The average molecular weight is 318 g/mol. The third kappa shape index (κ3) is 4.17. The molecule has 114 valence electrons. The highest BCUT2D eigenvalue weighted by molar-refractivity contribution is 7.15. The first kappa shape index (κ1) is 17.4. The van der Waals surface area contributed by atoms with E-state index < -0.39 is 0 Å². The largest absolute Gasteiger partial charge is 0.319 e. The van der Waals surface area contributed by atoms with Gasteiger partial charge in [-0.25, -0.2) is 4.98 Å². The van der Waals surface area contributed by atoms with E-state index in [1.165, 1.54) is 23.4 Å². The third-order valence-corrected chi connectivity index (χ3v) is 4.84. The van der Waals surface area contributed by atoms with E-state index in [0.717, 1.165) is 23.9 Å². The van der Waals surface area contributed by atoms with Crippen LogP contribution < -0.4 is 10.6 Å². The SMILES string of the molecule is CCC1CCc2nc(NC(=O)C(C)CNC)sc2C1.Cl. The van der Waals surface area contributed by atoms with Crippen LogP contribution in [0.25, 0.3) is 0 Å². The van der Waals surface area contributed by atoms with E-state index in [-0.39, 0.29) is 24.2 Å². The summed E-state index contributed by atoms with van der Waals surface area (Å²) in [4.78, 5) is 17.9. The Balaban J connectivity index is 0.00000200. The summed E-state index contributed by atoms with van der Waals surface area (Å²) in [5.41, 5.74) is 1.20. The third-order valence-electron chi connectivity index (χ3n) is 3.81. The zero-order valence-corrected chi connectivity index (χ0v) is 14.0. The van der Waals surface area contributed by atoms with Gasteiger partial charge in [-0.3, -0.25) is 4.79 Å². The second-order valence-electron chi connectivity index (χ2n) is 5.35. The van der Waals surface area contributed by atoms with E-state index in [0.29, 0.717) is 6.54 Å². The Hall–Kier alpha value is -0.650. The second-order valence-corrected chi connectivity index (χ2v) is 6.44. The molecule has 0 saturated heterocycles. The summed E-state index contributed by atoms with van der Waals surface area (Å²) >= 11 is 1.65. The number of hydrogen-bond donors (Lipinski definition) is 2. The van der Waals surface area contributed by atoms with Gasteiger partial charge in [0.05, 0.1) is 5.69 Å². The summed E-state index contributed by atoms with van der Waals surface area (Å²) < 4.78 is 0. The number of aromatic nitrogens is 1. The Morgan fingerprint density at radius 1 is 1.55 bits per heavy atom. The van der Waals surface area contributed by atoms with Crippen LogP contribution in [0.4, 0.5) is 5.13 Å². The van der Waals surface area contributed by atoms with E-state index in [9.17, 15) is 4.79 Å². The van der Waals surface area contributed by atoms with E-state index in [1.54, 1.807) is 11.3 Å². The molecular weight excluding hydrogens is 294 g/mol. The number of carbonyl (C=O) groups excluding carboxylic acids is 1. The first-order valence-electron chi connectivity index (χ1n) is 7.08. The van der Waals surface area contributed by atoms with E-state index >= 15 is 0 Å². The fourth-order valence-corrected chi connectivity index (χ4v) is 3.60. The van der Waals surface area contributed by atoms with Gasteiger partial charge in [-0.1, -0.05) is 20.3 Å². The lowest BCUT2D eigenvalue weighted by molar-refractivity contribution is -0.119. The molecule has 0 spiro atoms. The van der Waals surface area contributed by atoms with E-state index in [4.69, 9.17) is 0 Å². The molecule has 0 aromatic carbocycles. The maximum atomic E-state index is 12.0. The maximum absolute atomic E-state index is 12.0. The number of carbonyl (C=O) groups is 1. The summed E-state index contributed by atoms with van der Waals surface area (Å²) in [5.74, 6) is 0.807. The molecule has 20 heavy (non-hydrogen) atoms. The number of rotatable bonds is 5. The smallest absolute Gasteiger partial charge is 0.230 e. The van der Waals surface area contributed by atoms with Crippen LogP contribution in [-0.4, -0.2) is 24.5 Å². The normalized spacial score (nSPS) is 18.9. The molecule has 1 aromatic heterocycles. The van der Waals surface area contributed by atoms with Crippen molar-refractivity contribution in [1.82, 2.24) is 10.3 Å². The maximum Gasteiger partial charge on any atom is 0.230 e. The first-order valence-corrected chi connectivity index (χ1v) is 7.89. The van der Waals surface area contributed by atoms with Gasteiger partial charge in [-0.15, -0.1) is 23.7 Å². The molecule has 0 bridgehead atoms. The first-order chi connectivity index (χ1) is 9.13. The minimum Gasteiger partial charge on any atom is -0.319 e. The van der Waals surface area contributed by atoms with Crippen LogP contribution in [0.15, 0.2) is 0 Å². The van der Waals surface area contributed by atoms with Gasteiger partial charge in [0.15, 0.2) is 5.13 Å². The fourth-order valence-electron chi connectivity index (χ4n) is 2.47. The van der Waals surface area contributed by atoms with Crippen LogP contribution in [0.1, 0.15) is 37.3 Å². The number of thiazole rings is 1. The molecule has 1 amide bonds. The van der Waals surface area contributed by atoms with Crippen molar-refractivity contribution in [2.24, 2.45) is 11.8 Å². The Morgan fingerprint density at radius 2 is 2.30 bits per heavy atom. The van der Waals surface area contributed by atoms with Crippen molar-refractivity contribution in [3.05, 3.63) is 10.6 Å². The van der Waals surface area contributed by atoms with Gasteiger partial charge in [-0.05, 0) is 32.2 Å². The highest BCUT2D eigenvalue weighted by Gasteiger charge is 2.22. The van der Waals surface area contributed by atoms with Crippen LogP contribution in [0.3, 0.4) is 0 Å². The lowest BCUT2D eigenvalue weighted by Gasteiger charge is -2.18. The molecule has 2 N–H and O–H groups in total. The predicted molar refractivity (Wildman–Crippen MR) is 86.9 cm³/mol. The Kier molecular flexibility index (Phi) is 6.92. The minimum atomic E-state index is -0.0330. The van der Waals surface area contributed by atoms with Crippen molar-refractivity contribution >= 4 is 34.8 Å². The minimum absolute atomic E-state index is 0. The van der Waals surface area contributed by atoms with Crippen molar-refractivity contribution in [2.75, 3.05) is 18.9 Å². The van der Waals surface area contributed by atoms with Crippen molar-refractivity contribution in [3.63, 3.8) is 0 Å². The number of amides is 1. The van der Waals surface area contributed by atoms with Crippen molar-refractivity contribution < 1.29 is 4.79 Å². The lowest BCUT2D eigenvalue weighted by atomic mass is 9.89. The van der Waals surface area contributed by atoms with Gasteiger partial charge in [0.25, 0.3) is 0 Å². The topological polar surface area (TPSA) is 54.0 Å². The van der Waals surface area contributed by atoms with Crippen molar-refractivity contribution in [3.8, 4) is 0 Å². The van der Waals surface area contributed by atoms with Crippen molar-refractivity contribution in [2.45, 2.75) is 39.5 Å². The molecule has 4 nitrogen and oxygen atoms in total. The molecule has 2 unspecified atom stereocenters. The van der Waals surface area contributed by atoms with Crippen LogP contribution in [0.5, 0.6) is 0 Å². The number of fused-ring (bicyclic) bond motifs is 1. The zero-order chi connectivity index (χ0) is 13.8. The van der Waals surface area contributed by atoms with Crippen LogP contribution >= 0.6 is 23.7 Å². The fraction of sp³-hybridized carbons (Fsp3) is 0.714. The number of anilines is 1. The monoisotopic (exact) mass is 317 g/mol. The molecule has 2 atom stereocenters. The molecule has 6 heteroatoms. The molecule has 2 rings (SSSR count). The summed E-state index contributed by atoms with van der Waals surface area (Å²) in [6, 6.07) is 0. The van der Waals surface area contributed by atoms with Gasteiger partial charge < -0.3 is 10.6 Å². The summed E-state index contributed by atoms with van der Waals surface area (Å²) in [6.07, 6.45) is 4.66. The summed E-state index contributed by atoms with van der Waals surface area (Å²) in [6.45, 7) is 4.86. The van der Waals surface area contributed by atoms with E-state index in [2.05, 4.69) is 22.5 Å². The predicted octanol–water partition coefficient (Wildman–Crippen LogP) is 2.87. The van der Waals surface area contributed by atoms with E-state index in [1.807, 2.05) is 14.0 Å². The second kappa shape index (κ2) is 7.96. The van der Waals surface area contributed by atoms with Gasteiger partial charge >= 0.3 is 0 Å². The Bertz CT molecular complexity index is 450. The molecule has 0 radical (unpaired) electrons. The van der Waals surface area contributed by atoms with Crippen LogP contribution in [0, 0.1) is 11.8 Å². The highest BCUT2D eigenvalue weighted by Crippen LogP contribution is 2.33. The number of halogens is 1. The molecule has 1 aromatic rings. The molecule has 1 heterocycles. The molecule has 0 saturated carbocycles. The Morgan fingerprint density at radius 3 is 2.95 bits per heavy atom. The summed E-state index contributed by atoms with van der Waals surface area (Å²) in [7, 11) is 1.86. The quantitative estimate of drug-likeness (QED) is 0.878. The number of aryl methyl sites for hydroxylation is 1. The van der Waals surface area contributed by atoms with Crippen molar-refractivity contribution in [1.29, 1.82) is 0 Å². The number of nitrogens with one attached hydrogen (secondary N) is 2. The van der Waals surface area contributed by atoms with Crippen LogP contribution in [0.2, 0.25) is 0 Å². The van der Waals surface area contributed by atoms with Gasteiger partial charge in [0.1, 0.15) is 0 Å². The van der Waals surface area contributed by atoms with Gasteiger partial charge in [0.2, 0.25) is 5.91 Å². The molecule has 0 fully saturated rings. The molecule has 1 aliphatic rings. The standard InChI is InChI=1S/C14H23N3OS.ClH/c1-4-10-5-6-11-12(7-10)19-14(16-11)17-13(18)9(2)8-15-3;/h9-10,15H,4-8H2,1-3H3,(H,16,17,18);1H.